The van der Waals surface area contributed by atoms with E-state index in [0.29, 0.717) is 11.0 Å². The standard InChI is InChI=1S/C17H11BrN2O5/c18-11-4-5-14-10(6-11)8-13(17(24)25-14)16(23)20-19-15(22)9-2-1-3-12(21)7-9/h1-8,21H,(H,19,22)(H,20,23). The fourth-order valence-corrected chi connectivity index (χ4v) is 2.53. The molecule has 0 saturated heterocycles. The molecule has 0 spiro atoms. The largest absolute Gasteiger partial charge is 0.508 e. The zero-order chi connectivity index (χ0) is 18.0. The van der Waals surface area contributed by atoms with E-state index in [0.717, 1.165) is 4.47 Å². The predicted octanol–water partition coefficient (Wildman–Crippen LogP) is 2.34. The van der Waals surface area contributed by atoms with Crippen LogP contribution >= 0.6 is 15.9 Å². The fourth-order valence-electron chi connectivity index (χ4n) is 2.15. The monoisotopic (exact) mass is 402 g/mol. The number of rotatable bonds is 2. The minimum atomic E-state index is -0.820. The first-order chi connectivity index (χ1) is 11.9. The van der Waals surface area contributed by atoms with E-state index in [2.05, 4.69) is 26.8 Å². The van der Waals surface area contributed by atoms with Gasteiger partial charge in [-0.3, -0.25) is 20.4 Å². The van der Waals surface area contributed by atoms with Crippen molar-refractivity contribution in [1.82, 2.24) is 10.9 Å². The summed E-state index contributed by atoms with van der Waals surface area (Å²) >= 11 is 3.30. The summed E-state index contributed by atoms with van der Waals surface area (Å²) < 4.78 is 5.85. The van der Waals surface area contributed by atoms with Gasteiger partial charge in [0.2, 0.25) is 0 Å². The van der Waals surface area contributed by atoms with Gasteiger partial charge in [-0.15, -0.1) is 0 Å². The summed E-state index contributed by atoms with van der Waals surface area (Å²) in [6, 6.07) is 12.0. The Labute approximate surface area is 149 Å². The number of hydrazine groups is 1. The zero-order valence-electron chi connectivity index (χ0n) is 12.6. The van der Waals surface area contributed by atoms with Gasteiger partial charge in [-0.25, -0.2) is 4.79 Å². The molecule has 2 amide bonds. The van der Waals surface area contributed by atoms with Crippen molar-refractivity contribution in [2.24, 2.45) is 0 Å². The predicted molar refractivity (Wildman–Crippen MR) is 93.2 cm³/mol. The smallest absolute Gasteiger partial charge is 0.349 e. The second-order valence-corrected chi connectivity index (χ2v) is 6.00. The molecular formula is C17H11BrN2O5. The third-order valence-corrected chi connectivity index (χ3v) is 3.83. The van der Waals surface area contributed by atoms with Crippen molar-refractivity contribution in [3.05, 3.63) is 74.6 Å². The maximum atomic E-state index is 12.1. The average molecular weight is 403 g/mol. The molecule has 7 nitrogen and oxygen atoms in total. The molecule has 25 heavy (non-hydrogen) atoms. The van der Waals surface area contributed by atoms with E-state index in [4.69, 9.17) is 4.42 Å². The SMILES string of the molecule is O=C(NNC(=O)c1cc2cc(Br)ccc2oc1=O)c1cccc(O)c1. The summed E-state index contributed by atoms with van der Waals surface area (Å²) in [5, 5.41) is 9.91. The highest BCUT2D eigenvalue weighted by atomic mass is 79.9. The van der Waals surface area contributed by atoms with Crippen LogP contribution in [0.2, 0.25) is 0 Å². The van der Waals surface area contributed by atoms with Gasteiger partial charge < -0.3 is 9.52 Å². The molecule has 0 bridgehead atoms. The second-order valence-electron chi connectivity index (χ2n) is 5.09. The number of nitrogens with one attached hydrogen (secondary N) is 2. The van der Waals surface area contributed by atoms with Crippen molar-refractivity contribution in [2.45, 2.75) is 0 Å². The molecule has 0 atom stereocenters. The van der Waals surface area contributed by atoms with Crippen LogP contribution in [0.25, 0.3) is 11.0 Å². The normalized spacial score (nSPS) is 10.4. The maximum absolute atomic E-state index is 12.1. The quantitative estimate of drug-likeness (QED) is 0.450. The van der Waals surface area contributed by atoms with Gasteiger partial charge in [-0.05, 0) is 42.5 Å². The molecule has 0 aliphatic heterocycles. The van der Waals surface area contributed by atoms with Crippen LogP contribution in [0.3, 0.4) is 0 Å². The molecule has 0 unspecified atom stereocenters. The lowest BCUT2D eigenvalue weighted by molar-refractivity contribution is 0.0844. The van der Waals surface area contributed by atoms with Crippen LogP contribution in [0.15, 0.2) is 62.2 Å². The van der Waals surface area contributed by atoms with Gasteiger partial charge in [0, 0.05) is 15.4 Å². The molecular weight excluding hydrogens is 392 g/mol. The number of phenols is 1. The van der Waals surface area contributed by atoms with E-state index in [1.807, 2.05) is 0 Å². The van der Waals surface area contributed by atoms with Crippen LogP contribution < -0.4 is 16.5 Å². The zero-order valence-corrected chi connectivity index (χ0v) is 14.2. The molecule has 0 aliphatic rings. The Morgan fingerprint density at radius 2 is 1.76 bits per heavy atom. The first-order valence-electron chi connectivity index (χ1n) is 7.07. The summed E-state index contributed by atoms with van der Waals surface area (Å²) in [6.45, 7) is 0. The Bertz CT molecular complexity index is 1040. The summed E-state index contributed by atoms with van der Waals surface area (Å²) in [4.78, 5) is 36.0. The minimum Gasteiger partial charge on any atom is -0.508 e. The Balaban J connectivity index is 1.79. The number of phenolic OH excluding ortho intramolecular Hbond substituents is 1. The molecule has 3 aromatic rings. The Hall–Kier alpha value is -3.13. The van der Waals surface area contributed by atoms with Gasteiger partial charge in [-0.2, -0.15) is 0 Å². The highest BCUT2D eigenvalue weighted by Crippen LogP contribution is 2.19. The van der Waals surface area contributed by atoms with Gasteiger partial charge >= 0.3 is 5.63 Å². The van der Waals surface area contributed by atoms with E-state index < -0.39 is 17.4 Å². The van der Waals surface area contributed by atoms with Crippen molar-refractivity contribution in [3.63, 3.8) is 0 Å². The van der Waals surface area contributed by atoms with E-state index in [9.17, 15) is 19.5 Å². The number of carbonyl (C=O) groups excluding carboxylic acids is 2. The minimum absolute atomic E-state index is 0.0836. The van der Waals surface area contributed by atoms with E-state index in [1.165, 1.54) is 30.3 Å². The lowest BCUT2D eigenvalue weighted by Crippen LogP contribution is -2.43. The van der Waals surface area contributed by atoms with Crippen molar-refractivity contribution in [1.29, 1.82) is 0 Å². The van der Waals surface area contributed by atoms with E-state index in [1.54, 1.807) is 18.2 Å². The Morgan fingerprint density at radius 1 is 1.00 bits per heavy atom. The number of fused-ring (bicyclic) bond motifs is 1. The lowest BCUT2D eigenvalue weighted by Gasteiger charge is -2.07. The fraction of sp³-hybridized carbons (Fsp3) is 0. The number of amides is 2. The van der Waals surface area contributed by atoms with Gasteiger partial charge in [0.05, 0.1) is 0 Å². The third kappa shape index (κ3) is 3.69. The summed E-state index contributed by atoms with van der Waals surface area (Å²) in [5.74, 6) is -1.54. The van der Waals surface area contributed by atoms with Crippen molar-refractivity contribution in [3.8, 4) is 5.75 Å². The van der Waals surface area contributed by atoms with Gasteiger partial charge in [-0.1, -0.05) is 22.0 Å². The molecule has 1 heterocycles. The van der Waals surface area contributed by atoms with Crippen LogP contribution in [0.5, 0.6) is 5.75 Å². The summed E-state index contributed by atoms with van der Waals surface area (Å²) in [7, 11) is 0. The highest BCUT2D eigenvalue weighted by Gasteiger charge is 2.15. The average Bonchev–Trinajstić information content (AvgIpc) is 2.59. The van der Waals surface area contributed by atoms with Crippen LogP contribution in [0.1, 0.15) is 20.7 Å². The number of benzene rings is 2. The van der Waals surface area contributed by atoms with Crippen LogP contribution in [0, 0.1) is 0 Å². The van der Waals surface area contributed by atoms with Crippen molar-refractivity contribution < 1.29 is 19.1 Å². The first kappa shape index (κ1) is 16.7. The highest BCUT2D eigenvalue weighted by molar-refractivity contribution is 9.10. The molecule has 2 aromatic carbocycles. The number of carbonyl (C=O) groups is 2. The molecule has 126 valence electrons. The number of halogens is 1. The van der Waals surface area contributed by atoms with Gasteiger partial charge in [0.25, 0.3) is 11.8 Å². The van der Waals surface area contributed by atoms with Gasteiger partial charge in [0.15, 0.2) is 0 Å². The number of hydrogen-bond acceptors (Lipinski definition) is 5. The number of aromatic hydroxyl groups is 1. The third-order valence-electron chi connectivity index (χ3n) is 3.34. The van der Waals surface area contributed by atoms with E-state index >= 15 is 0 Å². The van der Waals surface area contributed by atoms with Crippen LogP contribution in [-0.2, 0) is 0 Å². The molecule has 0 saturated carbocycles. The molecule has 0 aliphatic carbocycles. The second kappa shape index (κ2) is 6.78. The van der Waals surface area contributed by atoms with Crippen LogP contribution in [0.4, 0.5) is 0 Å². The molecule has 3 rings (SSSR count). The lowest BCUT2D eigenvalue weighted by atomic mass is 10.2. The Kier molecular flexibility index (Phi) is 4.53. The topological polar surface area (TPSA) is 109 Å². The van der Waals surface area contributed by atoms with Crippen molar-refractivity contribution in [2.75, 3.05) is 0 Å². The van der Waals surface area contributed by atoms with Crippen LogP contribution in [-0.4, -0.2) is 16.9 Å². The molecule has 3 N–H and O–H groups in total. The molecule has 1 aromatic heterocycles. The van der Waals surface area contributed by atoms with Gasteiger partial charge in [0.1, 0.15) is 16.9 Å². The Morgan fingerprint density at radius 3 is 2.52 bits per heavy atom. The first-order valence-corrected chi connectivity index (χ1v) is 7.86. The summed E-state index contributed by atoms with van der Waals surface area (Å²) in [6.07, 6.45) is 0. The molecule has 8 heteroatoms. The number of hydrogen-bond donors (Lipinski definition) is 3. The van der Waals surface area contributed by atoms with Crippen molar-refractivity contribution >= 4 is 38.7 Å². The van der Waals surface area contributed by atoms with E-state index in [-0.39, 0.29) is 16.9 Å². The maximum Gasteiger partial charge on any atom is 0.349 e. The molecule has 0 radical (unpaired) electrons. The summed E-state index contributed by atoms with van der Waals surface area (Å²) in [5.41, 5.74) is 3.74. The molecule has 0 fully saturated rings.